The van der Waals surface area contributed by atoms with Gasteiger partial charge in [0.2, 0.25) is 0 Å². The van der Waals surface area contributed by atoms with Crippen LogP contribution in [0, 0.1) is 6.92 Å². The van der Waals surface area contributed by atoms with Gasteiger partial charge in [-0.2, -0.15) is 5.10 Å². The Bertz CT molecular complexity index is 694. The lowest BCUT2D eigenvalue weighted by Gasteiger charge is -2.35. The summed E-state index contributed by atoms with van der Waals surface area (Å²) in [4.78, 5) is 14.8. The molecule has 6 heteroatoms. The van der Waals surface area contributed by atoms with Crippen molar-refractivity contribution < 1.29 is 14.3 Å². The summed E-state index contributed by atoms with van der Waals surface area (Å²) < 4.78 is 11.2. The molecule has 1 saturated heterocycles. The Balaban J connectivity index is 1.80. The first-order valence-corrected chi connectivity index (χ1v) is 8.21. The molecule has 0 bridgehead atoms. The van der Waals surface area contributed by atoms with Crippen molar-refractivity contribution in [3.05, 3.63) is 47.3 Å². The molecule has 128 valence electrons. The van der Waals surface area contributed by atoms with Gasteiger partial charge in [0.25, 0.3) is 5.91 Å². The number of benzene rings is 1. The summed E-state index contributed by atoms with van der Waals surface area (Å²) in [6.45, 7) is 7.52. The predicted molar refractivity (Wildman–Crippen MR) is 90.1 cm³/mol. The molecule has 2 heterocycles. The third-order valence-electron chi connectivity index (χ3n) is 4.06. The van der Waals surface area contributed by atoms with Gasteiger partial charge in [-0.05, 0) is 50.6 Å². The van der Waals surface area contributed by atoms with Crippen molar-refractivity contribution >= 4 is 5.91 Å². The Morgan fingerprint density at radius 3 is 2.75 bits per heavy atom. The number of rotatable bonds is 4. The van der Waals surface area contributed by atoms with E-state index in [1.165, 1.54) is 0 Å². The molecule has 1 atom stereocenters. The summed E-state index contributed by atoms with van der Waals surface area (Å²) in [6, 6.07) is 7.16. The number of aromatic amines is 1. The number of nitrogens with zero attached hydrogens (tertiary/aromatic N) is 2. The molecule has 1 aromatic carbocycles. The van der Waals surface area contributed by atoms with Crippen LogP contribution in [-0.4, -0.2) is 46.9 Å². The molecular weight excluding hydrogens is 306 g/mol. The molecule has 0 unspecified atom stereocenters. The number of carbonyl (C=O) groups excluding carboxylic acids is 1. The fourth-order valence-electron chi connectivity index (χ4n) is 2.89. The number of ether oxygens (including phenoxy) is 2. The van der Waals surface area contributed by atoms with E-state index in [0.717, 1.165) is 17.0 Å². The molecule has 0 saturated carbocycles. The van der Waals surface area contributed by atoms with Crippen LogP contribution in [-0.2, 0) is 4.74 Å². The monoisotopic (exact) mass is 329 g/mol. The van der Waals surface area contributed by atoms with Crippen molar-refractivity contribution in [2.75, 3.05) is 19.8 Å². The van der Waals surface area contributed by atoms with Gasteiger partial charge >= 0.3 is 0 Å². The summed E-state index contributed by atoms with van der Waals surface area (Å²) in [7, 11) is 0. The highest BCUT2D eigenvalue weighted by Gasteiger charge is 2.31. The number of nitrogens with one attached hydrogen (secondary N) is 1. The van der Waals surface area contributed by atoms with Crippen LogP contribution in [0.3, 0.4) is 0 Å². The average molecular weight is 329 g/mol. The zero-order valence-corrected chi connectivity index (χ0v) is 14.3. The molecular formula is C18H23N3O3. The largest absolute Gasteiger partial charge is 0.491 e. The quantitative estimate of drug-likeness (QED) is 0.936. The molecule has 2 aromatic rings. The van der Waals surface area contributed by atoms with Crippen molar-refractivity contribution in [3.8, 4) is 5.75 Å². The zero-order chi connectivity index (χ0) is 17.1. The molecule has 6 nitrogen and oxygen atoms in total. The lowest BCUT2D eigenvalue weighted by Crippen LogP contribution is -2.43. The van der Waals surface area contributed by atoms with Gasteiger partial charge in [0.15, 0.2) is 0 Å². The minimum atomic E-state index is -0.139. The fraction of sp³-hybridized carbons (Fsp3) is 0.444. The normalized spacial score (nSPS) is 18.0. The number of carbonyl (C=O) groups is 1. The molecule has 1 aliphatic heterocycles. The van der Waals surface area contributed by atoms with Crippen LogP contribution in [0.2, 0.25) is 0 Å². The lowest BCUT2D eigenvalue weighted by atomic mass is 10.1. The topological polar surface area (TPSA) is 67.5 Å². The predicted octanol–water partition coefficient (Wildman–Crippen LogP) is 2.72. The van der Waals surface area contributed by atoms with E-state index in [-0.39, 0.29) is 18.1 Å². The highest BCUT2D eigenvalue weighted by Crippen LogP contribution is 2.27. The summed E-state index contributed by atoms with van der Waals surface area (Å²) >= 11 is 0. The molecule has 3 rings (SSSR count). The third-order valence-corrected chi connectivity index (χ3v) is 4.06. The maximum Gasteiger partial charge on any atom is 0.254 e. The Morgan fingerprint density at radius 2 is 2.12 bits per heavy atom. The number of H-pyrrole nitrogens is 1. The molecule has 1 fully saturated rings. The maximum absolute atomic E-state index is 12.9. The highest BCUT2D eigenvalue weighted by atomic mass is 16.5. The van der Waals surface area contributed by atoms with Crippen LogP contribution in [0.5, 0.6) is 5.75 Å². The number of aromatic nitrogens is 2. The van der Waals surface area contributed by atoms with Gasteiger partial charge < -0.3 is 14.4 Å². The number of morpholine rings is 1. The van der Waals surface area contributed by atoms with Crippen LogP contribution in [0.25, 0.3) is 0 Å². The summed E-state index contributed by atoms with van der Waals surface area (Å²) in [5.41, 5.74) is 2.61. The van der Waals surface area contributed by atoms with Crippen molar-refractivity contribution in [2.45, 2.75) is 32.9 Å². The Hall–Kier alpha value is -2.34. The minimum absolute atomic E-state index is 0.00611. The average Bonchev–Trinajstić information content (AvgIpc) is 3.00. The summed E-state index contributed by atoms with van der Waals surface area (Å²) in [5, 5.41) is 7.07. The Kier molecular flexibility index (Phi) is 4.85. The smallest absolute Gasteiger partial charge is 0.254 e. The SMILES string of the molecule is Cc1cn[nH]c1[C@H]1COCCN1C(=O)c1ccc(OC(C)C)cc1. The first-order valence-electron chi connectivity index (χ1n) is 8.21. The first-order chi connectivity index (χ1) is 11.6. The Labute approximate surface area is 141 Å². The molecule has 1 aromatic heterocycles. The van der Waals surface area contributed by atoms with E-state index < -0.39 is 0 Å². The van der Waals surface area contributed by atoms with Crippen molar-refractivity contribution in [1.29, 1.82) is 0 Å². The molecule has 24 heavy (non-hydrogen) atoms. The second-order valence-electron chi connectivity index (χ2n) is 6.25. The minimum Gasteiger partial charge on any atom is -0.491 e. The molecule has 0 radical (unpaired) electrons. The van der Waals surface area contributed by atoms with Gasteiger partial charge in [-0.25, -0.2) is 0 Å². The standard InChI is InChI=1S/C18H23N3O3/c1-12(2)24-15-6-4-14(5-7-15)18(22)21-8-9-23-11-16(21)17-13(3)10-19-20-17/h4-7,10,12,16H,8-9,11H2,1-3H3,(H,19,20)/t16-/m1/s1. The van der Waals surface area contributed by atoms with E-state index >= 15 is 0 Å². The second kappa shape index (κ2) is 7.05. The number of hydrogen-bond donors (Lipinski definition) is 1. The van der Waals surface area contributed by atoms with E-state index in [4.69, 9.17) is 9.47 Å². The number of aryl methyl sites for hydroxylation is 1. The molecule has 0 spiro atoms. The molecule has 0 aliphatic carbocycles. The first kappa shape index (κ1) is 16.5. The summed E-state index contributed by atoms with van der Waals surface area (Å²) in [6.07, 6.45) is 1.88. The molecule has 1 aliphatic rings. The van der Waals surface area contributed by atoms with E-state index in [0.29, 0.717) is 25.3 Å². The second-order valence-corrected chi connectivity index (χ2v) is 6.25. The third kappa shape index (κ3) is 3.43. The zero-order valence-electron chi connectivity index (χ0n) is 14.3. The van der Waals surface area contributed by atoms with Crippen LogP contribution in [0.15, 0.2) is 30.5 Å². The van der Waals surface area contributed by atoms with Crippen LogP contribution in [0.1, 0.15) is 41.5 Å². The maximum atomic E-state index is 12.9. The van der Waals surface area contributed by atoms with E-state index in [1.54, 1.807) is 6.20 Å². The van der Waals surface area contributed by atoms with Crippen LogP contribution in [0.4, 0.5) is 0 Å². The number of hydrogen-bond acceptors (Lipinski definition) is 4. The van der Waals surface area contributed by atoms with Gasteiger partial charge in [-0.3, -0.25) is 9.89 Å². The molecule has 1 N–H and O–H groups in total. The van der Waals surface area contributed by atoms with Crippen LogP contribution >= 0.6 is 0 Å². The highest BCUT2D eigenvalue weighted by molar-refractivity contribution is 5.94. The molecule has 1 amide bonds. The fourth-order valence-corrected chi connectivity index (χ4v) is 2.89. The van der Waals surface area contributed by atoms with Gasteiger partial charge in [0, 0.05) is 12.1 Å². The lowest BCUT2D eigenvalue weighted by molar-refractivity contribution is -0.00407. The van der Waals surface area contributed by atoms with Gasteiger partial charge in [0.1, 0.15) is 5.75 Å². The van der Waals surface area contributed by atoms with E-state index in [2.05, 4.69) is 10.2 Å². The van der Waals surface area contributed by atoms with Crippen LogP contribution < -0.4 is 4.74 Å². The van der Waals surface area contributed by atoms with Gasteiger partial charge in [-0.1, -0.05) is 0 Å². The van der Waals surface area contributed by atoms with Crippen molar-refractivity contribution in [1.82, 2.24) is 15.1 Å². The van der Waals surface area contributed by atoms with Gasteiger partial charge in [0.05, 0.1) is 37.3 Å². The van der Waals surface area contributed by atoms with Crippen molar-refractivity contribution in [2.24, 2.45) is 0 Å². The van der Waals surface area contributed by atoms with Gasteiger partial charge in [-0.15, -0.1) is 0 Å². The van der Waals surface area contributed by atoms with Crippen molar-refractivity contribution in [3.63, 3.8) is 0 Å². The number of amides is 1. The Morgan fingerprint density at radius 1 is 1.38 bits per heavy atom. The van der Waals surface area contributed by atoms with E-state index in [1.807, 2.05) is 49.9 Å². The van der Waals surface area contributed by atoms with E-state index in [9.17, 15) is 4.79 Å². The summed E-state index contributed by atoms with van der Waals surface area (Å²) in [5.74, 6) is 0.762.